The molecule has 0 radical (unpaired) electrons. The van der Waals surface area contributed by atoms with E-state index >= 15 is 0 Å². The molecule has 0 bridgehead atoms. The van der Waals surface area contributed by atoms with Gasteiger partial charge < -0.3 is 5.32 Å². The predicted octanol–water partition coefficient (Wildman–Crippen LogP) is 4.74. The number of nitrogens with one attached hydrogen (secondary N) is 1. The highest BCUT2D eigenvalue weighted by molar-refractivity contribution is 7.99. The molecule has 0 fully saturated rings. The minimum atomic E-state index is 0.0196. The number of aryl methyl sites for hydroxylation is 1. The van der Waals surface area contributed by atoms with Gasteiger partial charge >= 0.3 is 0 Å². The van der Waals surface area contributed by atoms with Gasteiger partial charge in [-0.25, -0.2) is 0 Å². The predicted molar refractivity (Wildman–Crippen MR) is 124 cm³/mol. The van der Waals surface area contributed by atoms with Crippen LogP contribution >= 0.6 is 11.8 Å². The molecule has 1 amide bonds. The van der Waals surface area contributed by atoms with Gasteiger partial charge in [0.25, 0.3) is 0 Å². The number of allylic oxidation sites excluding steroid dienone is 1. The first kappa shape index (κ1) is 21.3. The number of thioether (sulfide) groups is 1. The van der Waals surface area contributed by atoms with Crippen LogP contribution < -0.4 is 5.32 Å². The number of carbonyl (C=O) groups excluding carboxylic acids is 1. The van der Waals surface area contributed by atoms with E-state index in [0.717, 1.165) is 29.1 Å². The van der Waals surface area contributed by atoms with Crippen LogP contribution in [0, 0.1) is 6.92 Å². The summed E-state index contributed by atoms with van der Waals surface area (Å²) in [4.78, 5) is 16.5. The van der Waals surface area contributed by atoms with E-state index in [1.807, 2.05) is 34.9 Å². The van der Waals surface area contributed by atoms with Crippen LogP contribution in [0.2, 0.25) is 0 Å². The number of nitrogens with zero attached hydrogens (tertiary/aromatic N) is 4. The fourth-order valence-corrected chi connectivity index (χ4v) is 4.53. The van der Waals surface area contributed by atoms with E-state index in [4.69, 9.17) is 0 Å². The molecule has 1 aliphatic carbocycles. The van der Waals surface area contributed by atoms with Crippen LogP contribution in [-0.2, 0) is 4.79 Å². The third-order valence-electron chi connectivity index (χ3n) is 5.41. The maximum absolute atomic E-state index is 12.4. The quantitative estimate of drug-likeness (QED) is 0.410. The number of amides is 1. The fraction of sp³-hybridized carbons (Fsp3) is 0.333. The van der Waals surface area contributed by atoms with E-state index in [9.17, 15) is 4.79 Å². The molecule has 0 saturated carbocycles. The lowest BCUT2D eigenvalue weighted by atomic mass is 9.97. The molecule has 1 aliphatic rings. The van der Waals surface area contributed by atoms with Gasteiger partial charge in [-0.15, -0.1) is 10.2 Å². The van der Waals surface area contributed by atoms with Crippen LogP contribution in [-0.4, -0.2) is 38.0 Å². The molecule has 0 atom stereocenters. The first-order valence-electron chi connectivity index (χ1n) is 10.7. The second kappa shape index (κ2) is 10.4. The first-order valence-corrected chi connectivity index (χ1v) is 11.7. The van der Waals surface area contributed by atoms with Crippen LogP contribution in [0.4, 0.5) is 0 Å². The van der Waals surface area contributed by atoms with Crippen molar-refractivity contribution in [2.75, 3.05) is 12.3 Å². The molecule has 0 aliphatic heterocycles. The molecule has 4 rings (SSSR count). The minimum Gasteiger partial charge on any atom is -0.355 e. The summed E-state index contributed by atoms with van der Waals surface area (Å²) in [6.45, 7) is 2.75. The Morgan fingerprint density at radius 3 is 2.74 bits per heavy atom. The maximum atomic E-state index is 12.4. The molecule has 0 saturated heterocycles. The Bertz CT molecular complexity index is 1060. The van der Waals surface area contributed by atoms with Gasteiger partial charge in [0.05, 0.1) is 11.4 Å². The number of benzene rings is 1. The Morgan fingerprint density at radius 1 is 1.13 bits per heavy atom. The van der Waals surface area contributed by atoms with Gasteiger partial charge in [0.15, 0.2) is 11.0 Å². The number of para-hydroxylation sites is 1. The number of hydrogen-bond acceptors (Lipinski definition) is 5. The SMILES string of the molecule is Cc1ccccc1-n1c(SCC(=O)NCCC2=CCCCC2)nnc1-c1ccncc1. The second-order valence-electron chi connectivity index (χ2n) is 7.66. The number of aromatic nitrogens is 4. The third-order valence-corrected chi connectivity index (χ3v) is 6.34. The molecule has 0 unspecified atom stereocenters. The maximum Gasteiger partial charge on any atom is 0.230 e. The lowest BCUT2D eigenvalue weighted by molar-refractivity contribution is -0.118. The summed E-state index contributed by atoms with van der Waals surface area (Å²) in [6, 6.07) is 12.0. The molecule has 6 nitrogen and oxygen atoms in total. The highest BCUT2D eigenvalue weighted by Gasteiger charge is 2.18. The number of pyridine rings is 1. The molecule has 1 aromatic carbocycles. The smallest absolute Gasteiger partial charge is 0.230 e. The summed E-state index contributed by atoms with van der Waals surface area (Å²) in [6.07, 6.45) is 11.7. The summed E-state index contributed by atoms with van der Waals surface area (Å²) in [5, 5.41) is 12.6. The topological polar surface area (TPSA) is 72.7 Å². The standard InChI is InChI=1S/C24H27N5OS/c1-18-7-5-6-10-21(18)29-23(20-12-14-25-15-13-20)27-28-24(29)31-17-22(30)26-16-11-19-8-3-2-4-9-19/h5-8,10,12-15H,2-4,9,11,16-17H2,1H3,(H,26,30). The minimum absolute atomic E-state index is 0.0196. The molecule has 0 spiro atoms. The molecule has 3 aromatic rings. The molecule has 31 heavy (non-hydrogen) atoms. The van der Waals surface area contributed by atoms with Crippen molar-refractivity contribution in [3.63, 3.8) is 0 Å². The molecule has 7 heteroatoms. The van der Waals surface area contributed by atoms with Gasteiger partial charge in [0, 0.05) is 24.5 Å². The zero-order valence-electron chi connectivity index (χ0n) is 17.8. The summed E-state index contributed by atoms with van der Waals surface area (Å²) in [5.74, 6) is 1.06. The van der Waals surface area contributed by atoms with E-state index in [2.05, 4.69) is 39.6 Å². The van der Waals surface area contributed by atoms with Crippen molar-refractivity contribution in [3.05, 3.63) is 66.0 Å². The fourth-order valence-electron chi connectivity index (χ4n) is 3.76. The van der Waals surface area contributed by atoms with Gasteiger partial charge in [-0.1, -0.05) is 41.6 Å². The van der Waals surface area contributed by atoms with Gasteiger partial charge in [0.1, 0.15) is 0 Å². The van der Waals surface area contributed by atoms with Crippen molar-refractivity contribution in [1.29, 1.82) is 0 Å². The monoisotopic (exact) mass is 433 g/mol. The summed E-state index contributed by atoms with van der Waals surface area (Å²) in [7, 11) is 0. The highest BCUT2D eigenvalue weighted by atomic mass is 32.2. The van der Waals surface area contributed by atoms with Gasteiger partial charge in [-0.2, -0.15) is 0 Å². The van der Waals surface area contributed by atoms with Crippen LogP contribution in [0.5, 0.6) is 0 Å². The van der Waals surface area contributed by atoms with Gasteiger partial charge in [0.2, 0.25) is 5.91 Å². The summed E-state index contributed by atoms with van der Waals surface area (Å²) < 4.78 is 2.02. The molecule has 2 aromatic heterocycles. The van der Waals surface area contributed by atoms with Crippen LogP contribution in [0.1, 0.15) is 37.7 Å². The largest absolute Gasteiger partial charge is 0.355 e. The Labute approximate surface area is 187 Å². The molecular weight excluding hydrogens is 406 g/mol. The normalized spacial score (nSPS) is 13.6. The average Bonchev–Trinajstić information content (AvgIpc) is 3.23. The highest BCUT2D eigenvalue weighted by Crippen LogP contribution is 2.29. The Morgan fingerprint density at radius 2 is 1.97 bits per heavy atom. The van der Waals surface area contributed by atoms with Crippen molar-refractivity contribution in [1.82, 2.24) is 25.1 Å². The second-order valence-corrected chi connectivity index (χ2v) is 8.60. The molecule has 2 heterocycles. The third kappa shape index (κ3) is 5.41. The number of rotatable bonds is 8. The van der Waals surface area contributed by atoms with Crippen molar-refractivity contribution in [3.8, 4) is 17.1 Å². The summed E-state index contributed by atoms with van der Waals surface area (Å²) >= 11 is 1.41. The summed E-state index contributed by atoms with van der Waals surface area (Å²) in [5.41, 5.74) is 4.53. The van der Waals surface area contributed by atoms with Crippen LogP contribution in [0.15, 0.2) is 65.6 Å². The Balaban J connectivity index is 1.47. The van der Waals surface area contributed by atoms with Crippen molar-refractivity contribution < 1.29 is 4.79 Å². The lowest BCUT2D eigenvalue weighted by Gasteiger charge is -2.14. The van der Waals surface area contributed by atoms with E-state index in [0.29, 0.717) is 17.5 Å². The number of carbonyl (C=O) groups is 1. The van der Waals surface area contributed by atoms with Crippen molar-refractivity contribution in [2.45, 2.75) is 44.2 Å². The van der Waals surface area contributed by atoms with E-state index < -0.39 is 0 Å². The van der Waals surface area contributed by atoms with Crippen LogP contribution in [0.3, 0.4) is 0 Å². The van der Waals surface area contributed by atoms with E-state index in [1.165, 1.54) is 43.0 Å². The first-order chi connectivity index (χ1) is 15.2. The van der Waals surface area contributed by atoms with Gasteiger partial charge in [-0.05, 0) is 62.8 Å². The zero-order chi connectivity index (χ0) is 21.5. The van der Waals surface area contributed by atoms with E-state index in [-0.39, 0.29) is 5.91 Å². The van der Waals surface area contributed by atoms with Crippen LogP contribution in [0.25, 0.3) is 17.1 Å². The average molecular weight is 434 g/mol. The van der Waals surface area contributed by atoms with E-state index in [1.54, 1.807) is 12.4 Å². The Hall–Kier alpha value is -2.93. The molecule has 160 valence electrons. The zero-order valence-corrected chi connectivity index (χ0v) is 18.6. The number of hydrogen-bond donors (Lipinski definition) is 1. The van der Waals surface area contributed by atoms with Crippen molar-refractivity contribution in [2.24, 2.45) is 0 Å². The molecular formula is C24H27N5OS. The van der Waals surface area contributed by atoms with Crippen molar-refractivity contribution >= 4 is 17.7 Å². The molecule has 1 N–H and O–H groups in total. The Kier molecular flexibility index (Phi) is 7.14. The van der Waals surface area contributed by atoms with Gasteiger partial charge in [-0.3, -0.25) is 14.3 Å². The lowest BCUT2D eigenvalue weighted by Crippen LogP contribution is -2.26.